The third-order valence-electron chi connectivity index (χ3n) is 2.60. The summed E-state index contributed by atoms with van der Waals surface area (Å²) in [6.45, 7) is 0.752. The van der Waals surface area contributed by atoms with Crippen LogP contribution in [0.25, 0.3) is 0 Å². The summed E-state index contributed by atoms with van der Waals surface area (Å²) in [5.41, 5.74) is 6.20. The minimum absolute atomic E-state index is 0.0442. The molecule has 1 heterocycles. The highest BCUT2D eigenvalue weighted by Gasteiger charge is 2.26. The lowest BCUT2D eigenvalue weighted by Gasteiger charge is -2.15. The molecule has 0 aliphatic carbocycles. The molecular weight excluding hydrogens is 214 g/mol. The number of carbonyl (C=O) groups is 1. The van der Waals surface area contributed by atoms with Gasteiger partial charge in [-0.3, -0.25) is 4.79 Å². The number of rotatable bonds is 2. The topological polar surface area (TPSA) is 46.3 Å². The standard InChI is InChI=1S/C11H12F2N2O/c12-9-2-1-7(3-10(9)13)5-15-6-8(14)4-11(15)16/h1-3,8H,4-6,14H2. The Kier molecular flexibility index (Phi) is 2.87. The van der Waals surface area contributed by atoms with Gasteiger partial charge in [-0.15, -0.1) is 0 Å². The first-order chi connectivity index (χ1) is 7.56. The fourth-order valence-electron chi connectivity index (χ4n) is 1.81. The fourth-order valence-corrected chi connectivity index (χ4v) is 1.81. The number of halogens is 2. The smallest absolute Gasteiger partial charge is 0.224 e. The first-order valence-corrected chi connectivity index (χ1v) is 5.03. The van der Waals surface area contributed by atoms with Gasteiger partial charge in [0.1, 0.15) is 0 Å². The number of likely N-dealkylation sites (tertiary alicyclic amines) is 1. The highest BCUT2D eigenvalue weighted by atomic mass is 19.2. The Balaban J connectivity index is 2.09. The van der Waals surface area contributed by atoms with Crippen LogP contribution in [0.1, 0.15) is 12.0 Å². The first-order valence-electron chi connectivity index (χ1n) is 5.03. The second-order valence-corrected chi connectivity index (χ2v) is 3.99. The van der Waals surface area contributed by atoms with Crippen molar-refractivity contribution < 1.29 is 13.6 Å². The molecule has 1 aliphatic rings. The van der Waals surface area contributed by atoms with Crippen LogP contribution in [0.3, 0.4) is 0 Å². The quantitative estimate of drug-likeness (QED) is 0.818. The molecule has 1 aromatic carbocycles. The molecule has 3 nitrogen and oxygen atoms in total. The molecule has 0 saturated carbocycles. The van der Waals surface area contributed by atoms with Crippen LogP contribution in [-0.2, 0) is 11.3 Å². The average molecular weight is 226 g/mol. The van der Waals surface area contributed by atoms with Gasteiger partial charge in [0.25, 0.3) is 0 Å². The molecule has 1 aromatic rings. The van der Waals surface area contributed by atoms with E-state index < -0.39 is 11.6 Å². The van der Waals surface area contributed by atoms with Crippen LogP contribution in [0.5, 0.6) is 0 Å². The molecule has 1 unspecified atom stereocenters. The number of benzene rings is 1. The molecule has 0 bridgehead atoms. The van der Waals surface area contributed by atoms with Gasteiger partial charge in [-0.1, -0.05) is 6.07 Å². The van der Waals surface area contributed by atoms with E-state index in [0.29, 0.717) is 18.5 Å². The van der Waals surface area contributed by atoms with Crippen molar-refractivity contribution >= 4 is 5.91 Å². The van der Waals surface area contributed by atoms with E-state index >= 15 is 0 Å². The zero-order valence-electron chi connectivity index (χ0n) is 8.62. The van der Waals surface area contributed by atoms with Crippen LogP contribution < -0.4 is 5.73 Å². The zero-order chi connectivity index (χ0) is 11.7. The van der Waals surface area contributed by atoms with E-state index in [-0.39, 0.29) is 18.5 Å². The molecule has 2 N–H and O–H groups in total. The van der Waals surface area contributed by atoms with Crippen molar-refractivity contribution in [2.24, 2.45) is 5.73 Å². The minimum atomic E-state index is -0.895. The molecule has 1 atom stereocenters. The van der Waals surface area contributed by atoms with Gasteiger partial charge in [-0.05, 0) is 17.7 Å². The molecule has 1 aliphatic heterocycles. The van der Waals surface area contributed by atoms with Crippen LogP contribution in [0.2, 0.25) is 0 Å². The number of amides is 1. The van der Waals surface area contributed by atoms with Gasteiger partial charge in [0, 0.05) is 25.6 Å². The number of nitrogens with two attached hydrogens (primary N) is 1. The number of carbonyl (C=O) groups excluding carboxylic acids is 1. The van der Waals surface area contributed by atoms with Crippen molar-refractivity contribution in [2.45, 2.75) is 19.0 Å². The van der Waals surface area contributed by atoms with Crippen LogP contribution in [0, 0.1) is 11.6 Å². The summed E-state index contributed by atoms with van der Waals surface area (Å²) in [7, 11) is 0. The average Bonchev–Trinajstić information content (AvgIpc) is 2.51. The second kappa shape index (κ2) is 4.17. The second-order valence-electron chi connectivity index (χ2n) is 3.99. The number of nitrogens with zero attached hydrogens (tertiary/aromatic N) is 1. The van der Waals surface area contributed by atoms with Crippen molar-refractivity contribution in [1.29, 1.82) is 0 Å². The van der Waals surface area contributed by atoms with Crippen LogP contribution in [0.4, 0.5) is 8.78 Å². The molecular formula is C11H12F2N2O. The van der Waals surface area contributed by atoms with E-state index in [1.54, 1.807) is 4.90 Å². The van der Waals surface area contributed by atoms with Gasteiger partial charge in [0.15, 0.2) is 11.6 Å². The third-order valence-corrected chi connectivity index (χ3v) is 2.60. The summed E-state index contributed by atoms with van der Waals surface area (Å²) in [4.78, 5) is 13.0. The van der Waals surface area contributed by atoms with Crippen molar-refractivity contribution in [1.82, 2.24) is 4.90 Å². The molecule has 16 heavy (non-hydrogen) atoms. The lowest BCUT2D eigenvalue weighted by atomic mass is 10.2. The highest BCUT2D eigenvalue weighted by molar-refractivity contribution is 5.79. The van der Waals surface area contributed by atoms with E-state index in [1.165, 1.54) is 6.07 Å². The van der Waals surface area contributed by atoms with E-state index in [1.807, 2.05) is 0 Å². The summed E-state index contributed by atoms with van der Waals surface area (Å²) >= 11 is 0. The van der Waals surface area contributed by atoms with Gasteiger partial charge < -0.3 is 10.6 Å². The van der Waals surface area contributed by atoms with Crippen LogP contribution in [-0.4, -0.2) is 23.4 Å². The predicted molar refractivity (Wildman–Crippen MR) is 54.4 cm³/mol. The Morgan fingerprint density at radius 3 is 2.69 bits per heavy atom. The summed E-state index contributed by atoms with van der Waals surface area (Å²) in [5, 5.41) is 0. The lowest BCUT2D eigenvalue weighted by molar-refractivity contribution is -0.128. The summed E-state index contributed by atoms with van der Waals surface area (Å²) in [5.74, 6) is -1.82. The van der Waals surface area contributed by atoms with Gasteiger partial charge in [-0.25, -0.2) is 8.78 Å². The Bertz CT molecular complexity index is 422. The normalized spacial score (nSPS) is 20.6. The summed E-state index contributed by atoms with van der Waals surface area (Å²) < 4.78 is 25.6. The Morgan fingerprint density at radius 2 is 2.12 bits per heavy atom. The predicted octanol–water partition coefficient (Wildman–Crippen LogP) is 1.02. The zero-order valence-corrected chi connectivity index (χ0v) is 8.62. The van der Waals surface area contributed by atoms with E-state index in [0.717, 1.165) is 12.1 Å². The number of hydrogen-bond acceptors (Lipinski definition) is 2. The van der Waals surface area contributed by atoms with Gasteiger partial charge in [0.05, 0.1) is 0 Å². The number of hydrogen-bond donors (Lipinski definition) is 1. The van der Waals surface area contributed by atoms with Crippen LogP contribution >= 0.6 is 0 Å². The molecule has 0 radical (unpaired) electrons. The lowest BCUT2D eigenvalue weighted by Crippen LogP contribution is -2.27. The van der Waals surface area contributed by atoms with Crippen molar-refractivity contribution in [3.8, 4) is 0 Å². The maximum atomic E-state index is 12.9. The fraction of sp³-hybridized carbons (Fsp3) is 0.364. The van der Waals surface area contributed by atoms with E-state index in [4.69, 9.17) is 5.73 Å². The molecule has 1 fully saturated rings. The monoisotopic (exact) mass is 226 g/mol. The molecule has 5 heteroatoms. The molecule has 1 amide bonds. The summed E-state index contributed by atoms with van der Waals surface area (Å²) in [6, 6.07) is 3.48. The SMILES string of the molecule is NC1CC(=O)N(Cc2ccc(F)c(F)c2)C1. The van der Waals surface area contributed by atoms with Gasteiger partial charge >= 0.3 is 0 Å². The molecule has 0 aromatic heterocycles. The largest absolute Gasteiger partial charge is 0.337 e. The maximum absolute atomic E-state index is 12.9. The van der Waals surface area contributed by atoms with Gasteiger partial charge in [-0.2, -0.15) is 0 Å². The van der Waals surface area contributed by atoms with Crippen molar-refractivity contribution in [2.75, 3.05) is 6.54 Å². The van der Waals surface area contributed by atoms with E-state index in [9.17, 15) is 13.6 Å². The summed E-state index contributed by atoms with van der Waals surface area (Å²) in [6.07, 6.45) is 0.323. The Morgan fingerprint density at radius 1 is 1.38 bits per heavy atom. The Labute approximate surface area is 91.8 Å². The maximum Gasteiger partial charge on any atom is 0.224 e. The van der Waals surface area contributed by atoms with Crippen molar-refractivity contribution in [3.05, 3.63) is 35.4 Å². The minimum Gasteiger partial charge on any atom is -0.337 e. The molecule has 2 rings (SSSR count). The van der Waals surface area contributed by atoms with Crippen molar-refractivity contribution in [3.63, 3.8) is 0 Å². The van der Waals surface area contributed by atoms with Gasteiger partial charge in [0.2, 0.25) is 5.91 Å². The molecule has 0 spiro atoms. The van der Waals surface area contributed by atoms with E-state index in [2.05, 4.69) is 0 Å². The molecule has 86 valence electrons. The Hall–Kier alpha value is -1.49. The van der Waals surface area contributed by atoms with Crippen LogP contribution in [0.15, 0.2) is 18.2 Å². The third kappa shape index (κ3) is 2.19. The molecule has 1 saturated heterocycles. The highest BCUT2D eigenvalue weighted by Crippen LogP contribution is 2.15. The first kappa shape index (κ1) is 11.0.